The predicted octanol–water partition coefficient (Wildman–Crippen LogP) is 2.70. The van der Waals surface area contributed by atoms with E-state index in [0.29, 0.717) is 5.56 Å². The van der Waals surface area contributed by atoms with Crippen LogP contribution in [-0.4, -0.2) is 11.0 Å². The number of nitrogens with zero attached hydrogens (tertiary/aromatic N) is 4. The fraction of sp³-hybridized carbons (Fsp3) is 0.222. The Bertz CT molecular complexity index is 376. The van der Waals surface area contributed by atoms with Gasteiger partial charge in [0.2, 0.25) is 0 Å². The molecule has 1 rings (SSSR count). The molecule has 5 heteroatoms. The van der Waals surface area contributed by atoms with Gasteiger partial charge in [-0.2, -0.15) is 0 Å². The van der Waals surface area contributed by atoms with E-state index in [9.17, 15) is 0 Å². The molecule has 0 bridgehead atoms. The largest absolute Gasteiger partial charge is 0.410 e. The van der Waals surface area contributed by atoms with Gasteiger partial charge in [0, 0.05) is 10.5 Å². The van der Waals surface area contributed by atoms with Gasteiger partial charge in [-0.1, -0.05) is 36.3 Å². The van der Waals surface area contributed by atoms with Crippen molar-refractivity contribution in [3.05, 3.63) is 45.8 Å². The highest BCUT2D eigenvalue weighted by atomic mass is 16.4. The highest BCUT2D eigenvalue weighted by molar-refractivity contribution is 5.98. The van der Waals surface area contributed by atoms with Crippen LogP contribution in [0.25, 0.3) is 10.4 Å². The van der Waals surface area contributed by atoms with Gasteiger partial charge < -0.3 is 5.21 Å². The summed E-state index contributed by atoms with van der Waals surface area (Å²) < 4.78 is 0. The Kier molecular flexibility index (Phi) is 3.52. The van der Waals surface area contributed by atoms with Gasteiger partial charge in [0.1, 0.15) is 0 Å². The molecule has 0 aliphatic carbocycles. The van der Waals surface area contributed by atoms with Crippen molar-refractivity contribution in [1.29, 1.82) is 0 Å². The molecule has 0 unspecified atom stereocenters. The van der Waals surface area contributed by atoms with Crippen molar-refractivity contribution in [2.45, 2.75) is 13.3 Å². The van der Waals surface area contributed by atoms with E-state index in [1.165, 1.54) is 5.56 Å². The minimum absolute atomic E-state index is 0.0184. The molecule has 14 heavy (non-hydrogen) atoms. The van der Waals surface area contributed by atoms with Crippen LogP contribution in [0.4, 0.5) is 0 Å². The third-order valence-corrected chi connectivity index (χ3v) is 1.85. The van der Waals surface area contributed by atoms with Gasteiger partial charge in [0.15, 0.2) is 5.84 Å². The number of azide groups is 1. The van der Waals surface area contributed by atoms with Crippen LogP contribution in [0.5, 0.6) is 0 Å². The number of hydrogen-bond donors (Lipinski definition) is 1. The summed E-state index contributed by atoms with van der Waals surface area (Å²) in [5.74, 6) is -0.0184. The lowest BCUT2D eigenvalue weighted by molar-refractivity contribution is 0.318. The molecule has 0 fully saturated rings. The lowest BCUT2D eigenvalue weighted by atomic mass is 10.1. The van der Waals surface area contributed by atoms with Crippen LogP contribution >= 0.6 is 0 Å². The smallest absolute Gasteiger partial charge is 0.173 e. The Labute approximate surface area is 81.3 Å². The van der Waals surface area contributed by atoms with Gasteiger partial charge >= 0.3 is 0 Å². The molecule has 1 aromatic rings. The zero-order valence-electron chi connectivity index (χ0n) is 7.75. The second kappa shape index (κ2) is 4.89. The first kappa shape index (κ1) is 10.1. The highest BCUT2D eigenvalue weighted by Crippen LogP contribution is 2.07. The SMILES string of the molecule is CCc1ccc(/C(N=[N+]=[N-])=N/O)cc1. The van der Waals surface area contributed by atoms with Crippen LogP contribution in [0.3, 0.4) is 0 Å². The van der Waals surface area contributed by atoms with E-state index in [1.807, 2.05) is 19.1 Å². The fourth-order valence-corrected chi connectivity index (χ4v) is 1.07. The van der Waals surface area contributed by atoms with E-state index in [4.69, 9.17) is 10.7 Å². The van der Waals surface area contributed by atoms with Crippen LogP contribution in [0.1, 0.15) is 18.1 Å². The molecule has 0 aliphatic heterocycles. The normalized spacial score (nSPS) is 10.8. The Morgan fingerprint density at radius 3 is 2.50 bits per heavy atom. The fourth-order valence-electron chi connectivity index (χ4n) is 1.07. The third-order valence-electron chi connectivity index (χ3n) is 1.85. The first-order chi connectivity index (χ1) is 6.81. The molecule has 1 aromatic carbocycles. The predicted molar refractivity (Wildman–Crippen MR) is 53.3 cm³/mol. The summed E-state index contributed by atoms with van der Waals surface area (Å²) in [5.41, 5.74) is 9.97. The second-order valence-electron chi connectivity index (χ2n) is 2.66. The monoisotopic (exact) mass is 190 g/mol. The van der Waals surface area contributed by atoms with Crippen molar-refractivity contribution >= 4 is 5.84 Å². The van der Waals surface area contributed by atoms with Crippen molar-refractivity contribution in [3.8, 4) is 0 Å². The van der Waals surface area contributed by atoms with Gasteiger partial charge in [0.05, 0.1) is 0 Å². The summed E-state index contributed by atoms with van der Waals surface area (Å²) in [6.45, 7) is 2.05. The molecule has 0 saturated carbocycles. The first-order valence-corrected chi connectivity index (χ1v) is 4.18. The Morgan fingerprint density at radius 1 is 1.43 bits per heavy atom. The number of oxime groups is 1. The minimum atomic E-state index is -0.0184. The molecule has 0 radical (unpaired) electrons. The van der Waals surface area contributed by atoms with Crippen LogP contribution in [0.15, 0.2) is 34.5 Å². The molecular weight excluding hydrogens is 180 g/mol. The molecule has 0 amide bonds. The number of rotatable bonds is 2. The Hall–Kier alpha value is -2.00. The number of amidine groups is 1. The molecule has 0 spiro atoms. The van der Waals surface area contributed by atoms with E-state index < -0.39 is 0 Å². The number of hydrogen-bond acceptors (Lipinski definition) is 2. The van der Waals surface area contributed by atoms with Crippen molar-refractivity contribution in [3.63, 3.8) is 0 Å². The second-order valence-corrected chi connectivity index (χ2v) is 2.66. The third kappa shape index (κ3) is 2.24. The standard InChI is InChI=1S/C9H10N4O/c1-2-7-3-5-8(6-4-7)9(12-14)11-13-10/h3-6,14H,2H2,1H3/b12-9-. The van der Waals surface area contributed by atoms with Crippen molar-refractivity contribution in [2.24, 2.45) is 10.3 Å². The summed E-state index contributed by atoms with van der Waals surface area (Å²) in [7, 11) is 0. The van der Waals surface area contributed by atoms with Gasteiger partial charge in [0.25, 0.3) is 0 Å². The van der Waals surface area contributed by atoms with Gasteiger partial charge in [-0.3, -0.25) is 0 Å². The maximum Gasteiger partial charge on any atom is 0.173 e. The summed E-state index contributed by atoms with van der Waals surface area (Å²) in [5, 5.41) is 14.7. The minimum Gasteiger partial charge on any atom is -0.410 e. The van der Waals surface area contributed by atoms with Gasteiger partial charge in [-0.25, -0.2) is 0 Å². The van der Waals surface area contributed by atoms with Crippen molar-refractivity contribution in [1.82, 2.24) is 0 Å². The van der Waals surface area contributed by atoms with E-state index in [2.05, 4.69) is 15.2 Å². The number of benzene rings is 1. The molecule has 0 atom stereocenters. The van der Waals surface area contributed by atoms with Gasteiger partial charge in [-0.05, 0) is 22.6 Å². The first-order valence-electron chi connectivity index (χ1n) is 4.18. The zero-order chi connectivity index (χ0) is 10.4. The molecule has 0 aliphatic rings. The lowest BCUT2D eigenvalue weighted by Gasteiger charge is -1.99. The highest BCUT2D eigenvalue weighted by Gasteiger charge is 2.00. The van der Waals surface area contributed by atoms with Gasteiger partial charge in [-0.15, -0.1) is 0 Å². The molecule has 72 valence electrons. The average Bonchev–Trinajstić information content (AvgIpc) is 2.26. The van der Waals surface area contributed by atoms with E-state index in [1.54, 1.807) is 12.1 Å². The average molecular weight is 190 g/mol. The van der Waals surface area contributed by atoms with E-state index in [0.717, 1.165) is 6.42 Å². The zero-order valence-corrected chi connectivity index (χ0v) is 7.75. The maximum absolute atomic E-state index is 8.56. The lowest BCUT2D eigenvalue weighted by Crippen LogP contribution is -1.95. The molecule has 5 nitrogen and oxygen atoms in total. The summed E-state index contributed by atoms with van der Waals surface area (Å²) in [6, 6.07) is 7.30. The Balaban J connectivity index is 3.01. The molecule has 0 aromatic heterocycles. The van der Waals surface area contributed by atoms with Crippen LogP contribution < -0.4 is 0 Å². The van der Waals surface area contributed by atoms with Crippen molar-refractivity contribution < 1.29 is 5.21 Å². The van der Waals surface area contributed by atoms with E-state index >= 15 is 0 Å². The van der Waals surface area contributed by atoms with Crippen LogP contribution in [-0.2, 0) is 6.42 Å². The van der Waals surface area contributed by atoms with Crippen LogP contribution in [0, 0.1) is 0 Å². The molecule has 0 saturated heterocycles. The summed E-state index contributed by atoms with van der Waals surface area (Å²) in [6.07, 6.45) is 0.938. The maximum atomic E-state index is 8.56. The van der Waals surface area contributed by atoms with E-state index in [-0.39, 0.29) is 5.84 Å². The molecule has 0 heterocycles. The number of aryl methyl sites for hydroxylation is 1. The summed E-state index contributed by atoms with van der Waals surface area (Å²) in [4.78, 5) is 2.56. The van der Waals surface area contributed by atoms with Crippen molar-refractivity contribution in [2.75, 3.05) is 0 Å². The van der Waals surface area contributed by atoms with Crippen LogP contribution in [0.2, 0.25) is 0 Å². The summed E-state index contributed by atoms with van der Waals surface area (Å²) >= 11 is 0. The topological polar surface area (TPSA) is 81.4 Å². The quantitative estimate of drug-likeness (QED) is 0.145. The molecular formula is C9H10N4O. The Morgan fingerprint density at radius 2 is 2.07 bits per heavy atom. The molecule has 1 N–H and O–H groups in total.